The van der Waals surface area contributed by atoms with Gasteiger partial charge in [-0.05, 0) is 38.1 Å². The highest BCUT2D eigenvalue weighted by Gasteiger charge is 2.34. The Hall–Kier alpha value is -0.0800. The molecule has 3 fully saturated rings. The van der Waals surface area contributed by atoms with Crippen LogP contribution < -0.4 is 0 Å². The third-order valence-electron chi connectivity index (χ3n) is 5.47. The quantitative estimate of drug-likeness (QED) is 0.727. The lowest BCUT2D eigenvalue weighted by molar-refractivity contribution is 0.0469. The molecule has 2 saturated heterocycles. The molecule has 2 nitrogen and oxygen atoms in total. The Morgan fingerprint density at radius 2 is 1.71 bits per heavy atom. The zero-order valence-electron chi connectivity index (χ0n) is 11.4. The van der Waals surface area contributed by atoms with Gasteiger partial charge in [0.1, 0.15) is 0 Å². The van der Waals surface area contributed by atoms with E-state index in [2.05, 4.69) is 16.7 Å². The van der Waals surface area contributed by atoms with E-state index in [1.165, 1.54) is 71.1 Å². The molecule has 3 aliphatic rings. The van der Waals surface area contributed by atoms with Crippen LogP contribution in [0.1, 0.15) is 51.9 Å². The fourth-order valence-corrected chi connectivity index (χ4v) is 4.31. The molecule has 0 N–H and O–H groups in total. The molecule has 2 aliphatic heterocycles. The molecule has 0 aromatic heterocycles. The molecular formula is C15H28N2. The SMILES string of the molecule is CCC1CCCC(N2CCN3CCCC3C2)C1. The van der Waals surface area contributed by atoms with Crippen molar-refractivity contribution >= 4 is 0 Å². The summed E-state index contributed by atoms with van der Waals surface area (Å²) in [6.45, 7) is 7.82. The van der Waals surface area contributed by atoms with Crippen molar-refractivity contribution in [3.05, 3.63) is 0 Å². The first kappa shape index (κ1) is 12.0. The molecule has 2 heterocycles. The van der Waals surface area contributed by atoms with Crippen LogP contribution in [0.15, 0.2) is 0 Å². The fraction of sp³-hybridized carbons (Fsp3) is 1.00. The van der Waals surface area contributed by atoms with Gasteiger partial charge in [-0.3, -0.25) is 9.80 Å². The number of nitrogens with zero attached hydrogens (tertiary/aromatic N) is 2. The van der Waals surface area contributed by atoms with Crippen molar-refractivity contribution in [2.24, 2.45) is 5.92 Å². The number of rotatable bonds is 2. The van der Waals surface area contributed by atoms with Gasteiger partial charge < -0.3 is 0 Å². The van der Waals surface area contributed by atoms with Crippen molar-refractivity contribution in [2.75, 3.05) is 26.2 Å². The summed E-state index contributed by atoms with van der Waals surface area (Å²) < 4.78 is 0. The Kier molecular flexibility index (Phi) is 3.72. The van der Waals surface area contributed by atoms with Crippen molar-refractivity contribution in [2.45, 2.75) is 64.0 Å². The van der Waals surface area contributed by atoms with E-state index in [0.717, 1.165) is 18.0 Å². The zero-order chi connectivity index (χ0) is 11.7. The van der Waals surface area contributed by atoms with Crippen molar-refractivity contribution in [3.8, 4) is 0 Å². The van der Waals surface area contributed by atoms with Gasteiger partial charge in [0.25, 0.3) is 0 Å². The van der Waals surface area contributed by atoms with Crippen LogP contribution in [0.2, 0.25) is 0 Å². The van der Waals surface area contributed by atoms with E-state index in [1.54, 1.807) is 0 Å². The molecule has 98 valence electrons. The molecule has 2 heteroatoms. The molecule has 1 aliphatic carbocycles. The molecule has 3 atom stereocenters. The summed E-state index contributed by atoms with van der Waals surface area (Å²) in [5, 5.41) is 0. The van der Waals surface area contributed by atoms with Crippen LogP contribution in [0.25, 0.3) is 0 Å². The summed E-state index contributed by atoms with van der Waals surface area (Å²) in [6, 6.07) is 1.84. The Morgan fingerprint density at radius 3 is 2.59 bits per heavy atom. The molecule has 0 aromatic carbocycles. The average molecular weight is 236 g/mol. The average Bonchev–Trinajstić information content (AvgIpc) is 2.86. The predicted octanol–water partition coefficient (Wildman–Crippen LogP) is 2.74. The smallest absolute Gasteiger partial charge is 0.0224 e. The molecule has 17 heavy (non-hydrogen) atoms. The molecule has 3 rings (SSSR count). The molecule has 0 spiro atoms. The second-order valence-corrected chi connectivity index (χ2v) is 6.42. The van der Waals surface area contributed by atoms with Crippen molar-refractivity contribution in [1.82, 2.24) is 9.80 Å². The first-order valence-corrected chi connectivity index (χ1v) is 7.85. The van der Waals surface area contributed by atoms with Crippen LogP contribution in [0.5, 0.6) is 0 Å². The highest BCUT2D eigenvalue weighted by atomic mass is 15.3. The van der Waals surface area contributed by atoms with E-state index in [4.69, 9.17) is 0 Å². The van der Waals surface area contributed by atoms with E-state index in [-0.39, 0.29) is 0 Å². The second kappa shape index (κ2) is 5.27. The standard InChI is InChI=1S/C15H28N2/c1-2-13-5-3-6-14(11-13)17-10-9-16-8-4-7-15(16)12-17/h13-15H,2-12H2,1H3. The van der Waals surface area contributed by atoms with Crippen LogP contribution in [-0.2, 0) is 0 Å². The lowest BCUT2D eigenvalue weighted by Crippen LogP contribution is -2.54. The Bertz CT molecular complexity index is 253. The minimum Gasteiger partial charge on any atom is -0.298 e. The minimum absolute atomic E-state index is 0.908. The van der Waals surface area contributed by atoms with Gasteiger partial charge in [-0.25, -0.2) is 0 Å². The van der Waals surface area contributed by atoms with E-state index >= 15 is 0 Å². The van der Waals surface area contributed by atoms with Crippen molar-refractivity contribution in [3.63, 3.8) is 0 Å². The van der Waals surface area contributed by atoms with Gasteiger partial charge in [-0.15, -0.1) is 0 Å². The molecule has 0 aromatic rings. The van der Waals surface area contributed by atoms with Crippen molar-refractivity contribution < 1.29 is 0 Å². The summed E-state index contributed by atoms with van der Waals surface area (Å²) in [4.78, 5) is 5.57. The fourth-order valence-electron chi connectivity index (χ4n) is 4.31. The van der Waals surface area contributed by atoms with Crippen LogP contribution in [0, 0.1) is 5.92 Å². The third-order valence-corrected chi connectivity index (χ3v) is 5.47. The molecule has 1 saturated carbocycles. The normalized spacial score (nSPS) is 40.4. The van der Waals surface area contributed by atoms with Gasteiger partial charge in [-0.1, -0.05) is 26.2 Å². The zero-order valence-corrected chi connectivity index (χ0v) is 11.4. The molecule has 3 unspecified atom stereocenters. The number of hydrogen-bond acceptors (Lipinski definition) is 2. The maximum absolute atomic E-state index is 2.84. The second-order valence-electron chi connectivity index (χ2n) is 6.42. The molecule has 0 radical (unpaired) electrons. The van der Waals surface area contributed by atoms with Gasteiger partial charge in [-0.2, -0.15) is 0 Å². The van der Waals surface area contributed by atoms with E-state index in [0.29, 0.717) is 0 Å². The number of fused-ring (bicyclic) bond motifs is 1. The lowest BCUT2D eigenvalue weighted by atomic mass is 9.83. The maximum atomic E-state index is 2.84. The summed E-state index contributed by atoms with van der Waals surface area (Å²) in [5.41, 5.74) is 0. The Labute approximate surface area is 106 Å². The lowest BCUT2D eigenvalue weighted by Gasteiger charge is -2.44. The van der Waals surface area contributed by atoms with Gasteiger partial charge in [0.2, 0.25) is 0 Å². The van der Waals surface area contributed by atoms with Crippen LogP contribution in [0.4, 0.5) is 0 Å². The van der Waals surface area contributed by atoms with Crippen LogP contribution >= 0.6 is 0 Å². The highest BCUT2D eigenvalue weighted by Crippen LogP contribution is 2.32. The predicted molar refractivity (Wildman–Crippen MR) is 72.2 cm³/mol. The Balaban J connectivity index is 1.57. The van der Waals surface area contributed by atoms with Crippen molar-refractivity contribution in [1.29, 1.82) is 0 Å². The minimum atomic E-state index is 0.908. The maximum Gasteiger partial charge on any atom is 0.0224 e. The summed E-state index contributed by atoms with van der Waals surface area (Å²) in [7, 11) is 0. The number of hydrogen-bond donors (Lipinski definition) is 0. The van der Waals surface area contributed by atoms with Crippen LogP contribution in [0.3, 0.4) is 0 Å². The highest BCUT2D eigenvalue weighted by molar-refractivity contribution is 4.90. The van der Waals surface area contributed by atoms with Gasteiger partial charge in [0.15, 0.2) is 0 Å². The Morgan fingerprint density at radius 1 is 0.882 bits per heavy atom. The first-order valence-electron chi connectivity index (χ1n) is 7.85. The largest absolute Gasteiger partial charge is 0.298 e. The van der Waals surface area contributed by atoms with E-state index in [9.17, 15) is 0 Å². The van der Waals surface area contributed by atoms with E-state index < -0.39 is 0 Å². The molecular weight excluding hydrogens is 208 g/mol. The van der Waals surface area contributed by atoms with E-state index in [1.807, 2.05) is 0 Å². The first-order chi connectivity index (χ1) is 8.36. The summed E-state index contributed by atoms with van der Waals surface area (Å²) >= 11 is 0. The monoisotopic (exact) mass is 236 g/mol. The summed E-state index contributed by atoms with van der Waals surface area (Å²) in [6.07, 6.45) is 10.2. The summed E-state index contributed by atoms with van der Waals surface area (Å²) in [5.74, 6) is 1.02. The van der Waals surface area contributed by atoms with Crippen LogP contribution in [-0.4, -0.2) is 48.1 Å². The van der Waals surface area contributed by atoms with Gasteiger partial charge >= 0.3 is 0 Å². The topological polar surface area (TPSA) is 6.48 Å². The third kappa shape index (κ3) is 2.53. The van der Waals surface area contributed by atoms with Gasteiger partial charge in [0.05, 0.1) is 0 Å². The molecule has 0 bridgehead atoms. The number of piperazine rings is 1. The van der Waals surface area contributed by atoms with Gasteiger partial charge in [0, 0.05) is 31.7 Å². The molecule has 0 amide bonds.